The first kappa shape index (κ1) is 19.7. The van der Waals surface area contributed by atoms with Crippen LogP contribution in [0.4, 0.5) is 0 Å². The minimum absolute atomic E-state index is 0.891. The van der Waals surface area contributed by atoms with Gasteiger partial charge in [-0.1, -0.05) is 55.8 Å². The molecule has 0 bridgehead atoms. The summed E-state index contributed by atoms with van der Waals surface area (Å²) in [6, 6.07) is 10.4. The van der Waals surface area contributed by atoms with Crippen molar-refractivity contribution in [3.8, 4) is 0 Å². The van der Waals surface area contributed by atoms with Gasteiger partial charge in [-0.2, -0.15) is 0 Å². The summed E-state index contributed by atoms with van der Waals surface area (Å²) in [5.74, 6) is 0.891. The number of fused-ring (bicyclic) bond motifs is 5. The van der Waals surface area contributed by atoms with Crippen LogP contribution in [-0.4, -0.2) is 20.7 Å². The number of rotatable bonds is 7. The van der Waals surface area contributed by atoms with Gasteiger partial charge in [-0.05, 0) is 48.8 Å². The summed E-state index contributed by atoms with van der Waals surface area (Å²) in [6.07, 6.45) is 13.2. The molecular weight excluding hydrogens is 406 g/mol. The average molecular weight is 432 g/mol. The van der Waals surface area contributed by atoms with Gasteiger partial charge in [0.05, 0.1) is 10.2 Å². The fourth-order valence-corrected chi connectivity index (χ4v) is 6.35. The maximum absolute atomic E-state index is 5.13. The molecule has 0 unspecified atom stereocenters. The number of aryl methyl sites for hydroxylation is 2. The van der Waals surface area contributed by atoms with Crippen molar-refractivity contribution in [2.45, 2.75) is 50.5 Å². The van der Waals surface area contributed by atoms with Gasteiger partial charge >= 0.3 is 0 Å². The Morgan fingerprint density at radius 1 is 1.10 bits per heavy atom. The number of nitrogens with zero attached hydrogens (tertiary/aromatic N) is 3. The number of hydrogen-bond donors (Lipinski definition) is 0. The second-order valence-electron chi connectivity index (χ2n) is 7.74. The number of thiophene rings is 1. The summed E-state index contributed by atoms with van der Waals surface area (Å²) in [5.41, 5.74) is 6.68. The Bertz CT molecular complexity index is 1210. The van der Waals surface area contributed by atoms with Gasteiger partial charge in [0.2, 0.25) is 0 Å². The molecule has 0 fully saturated rings. The van der Waals surface area contributed by atoms with E-state index in [2.05, 4.69) is 48.3 Å². The van der Waals surface area contributed by atoms with Gasteiger partial charge in [-0.15, -0.1) is 23.1 Å². The number of pyridine rings is 1. The van der Waals surface area contributed by atoms with Gasteiger partial charge in [-0.3, -0.25) is 0 Å². The predicted molar refractivity (Wildman–Crippen MR) is 130 cm³/mol. The highest BCUT2D eigenvalue weighted by atomic mass is 32.2. The van der Waals surface area contributed by atoms with Crippen molar-refractivity contribution in [1.82, 2.24) is 15.0 Å². The number of aromatic nitrogens is 3. The van der Waals surface area contributed by atoms with Crippen molar-refractivity contribution in [1.29, 1.82) is 0 Å². The van der Waals surface area contributed by atoms with Crippen molar-refractivity contribution in [3.05, 3.63) is 65.1 Å². The Balaban J connectivity index is 1.49. The van der Waals surface area contributed by atoms with E-state index in [4.69, 9.17) is 9.97 Å². The summed E-state index contributed by atoms with van der Waals surface area (Å²) in [4.78, 5) is 15.6. The molecule has 0 radical (unpaired) electrons. The van der Waals surface area contributed by atoms with Gasteiger partial charge in [0.25, 0.3) is 0 Å². The molecule has 1 aromatic carbocycles. The maximum atomic E-state index is 5.13. The smallest absolute Gasteiger partial charge is 0.126 e. The highest BCUT2D eigenvalue weighted by Gasteiger charge is 2.24. The van der Waals surface area contributed by atoms with E-state index in [0.717, 1.165) is 34.0 Å². The lowest BCUT2D eigenvalue weighted by Gasteiger charge is -2.08. The monoisotopic (exact) mass is 431 g/mol. The first-order chi connectivity index (χ1) is 14.8. The molecule has 0 spiro atoms. The zero-order valence-electron chi connectivity index (χ0n) is 17.2. The Morgan fingerprint density at radius 3 is 2.83 bits per heavy atom. The van der Waals surface area contributed by atoms with E-state index >= 15 is 0 Å². The summed E-state index contributed by atoms with van der Waals surface area (Å²) in [5, 5.41) is 2.37. The molecule has 0 saturated heterocycles. The molecular formula is C25H25N3S2. The Kier molecular flexibility index (Phi) is 5.82. The van der Waals surface area contributed by atoms with Crippen molar-refractivity contribution in [2.24, 2.45) is 0 Å². The fourth-order valence-electron chi connectivity index (χ4n) is 4.28. The topological polar surface area (TPSA) is 38.7 Å². The van der Waals surface area contributed by atoms with Crippen LogP contribution in [-0.2, 0) is 19.3 Å². The number of benzene rings is 1. The molecule has 4 aromatic rings. The number of thioether (sulfide) groups is 1. The van der Waals surface area contributed by atoms with Crippen LogP contribution in [0.5, 0.6) is 0 Å². The zero-order chi connectivity index (χ0) is 20.3. The third kappa shape index (κ3) is 3.77. The van der Waals surface area contributed by atoms with Crippen molar-refractivity contribution < 1.29 is 0 Å². The normalized spacial score (nSPS) is 13.6. The lowest BCUT2D eigenvalue weighted by molar-refractivity contribution is 0.770. The first-order valence-corrected chi connectivity index (χ1v) is 12.6. The second-order valence-corrected chi connectivity index (χ2v) is 9.74. The van der Waals surface area contributed by atoms with E-state index in [0.29, 0.717) is 0 Å². The van der Waals surface area contributed by atoms with Crippen LogP contribution < -0.4 is 0 Å². The van der Waals surface area contributed by atoms with Crippen molar-refractivity contribution in [3.63, 3.8) is 0 Å². The fraction of sp³-hybridized carbons (Fsp3) is 0.320. The number of unbranched alkanes of at least 4 members (excludes halogenated alkanes) is 1. The lowest BCUT2D eigenvalue weighted by Crippen LogP contribution is -1.98. The third-order valence-corrected chi connectivity index (χ3v) is 7.87. The highest BCUT2D eigenvalue weighted by Crippen LogP contribution is 2.42. The minimum Gasteiger partial charge on any atom is -0.242 e. The summed E-state index contributed by atoms with van der Waals surface area (Å²) < 4.78 is 1.19. The highest BCUT2D eigenvalue weighted by molar-refractivity contribution is 7.99. The minimum atomic E-state index is 0.891. The quantitative estimate of drug-likeness (QED) is 0.236. The van der Waals surface area contributed by atoms with Crippen LogP contribution in [0, 0.1) is 0 Å². The van der Waals surface area contributed by atoms with E-state index in [9.17, 15) is 0 Å². The summed E-state index contributed by atoms with van der Waals surface area (Å²) >= 11 is 3.56. The van der Waals surface area contributed by atoms with E-state index in [-0.39, 0.29) is 0 Å². The molecule has 30 heavy (non-hydrogen) atoms. The van der Waals surface area contributed by atoms with Crippen LogP contribution in [0.25, 0.3) is 26.5 Å². The van der Waals surface area contributed by atoms with Gasteiger partial charge < -0.3 is 0 Å². The van der Waals surface area contributed by atoms with Crippen LogP contribution >= 0.6 is 23.1 Å². The Morgan fingerprint density at radius 2 is 1.97 bits per heavy atom. The third-order valence-electron chi connectivity index (χ3n) is 5.72. The number of hydrogen-bond acceptors (Lipinski definition) is 5. The van der Waals surface area contributed by atoms with Crippen LogP contribution in [0.2, 0.25) is 0 Å². The van der Waals surface area contributed by atoms with Gasteiger partial charge in [0.1, 0.15) is 16.2 Å². The molecule has 0 saturated carbocycles. The van der Waals surface area contributed by atoms with Crippen molar-refractivity contribution in [2.75, 3.05) is 5.75 Å². The summed E-state index contributed by atoms with van der Waals surface area (Å²) in [6.45, 7) is 2.25. The molecule has 1 aliphatic rings. The Hall–Kier alpha value is -2.24. The van der Waals surface area contributed by atoms with E-state index in [1.807, 2.05) is 6.07 Å². The molecule has 0 N–H and O–H groups in total. The van der Waals surface area contributed by atoms with E-state index < -0.39 is 0 Å². The predicted octanol–water partition coefficient (Wildman–Crippen LogP) is 6.88. The molecule has 5 heteroatoms. The van der Waals surface area contributed by atoms with Gasteiger partial charge in [0.15, 0.2) is 0 Å². The SMILES string of the molecule is CCCCc1nc2sc3c(SC/C=C/c4ccccc4)ncnc3c2c2c1CCC2. The van der Waals surface area contributed by atoms with Crippen molar-refractivity contribution >= 4 is 49.6 Å². The summed E-state index contributed by atoms with van der Waals surface area (Å²) in [7, 11) is 0. The van der Waals surface area contributed by atoms with Gasteiger partial charge in [0, 0.05) is 16.8 Å². The molecule has 0 aliphatic heterocycles. The largest absolute Gasteiger partial charge is 0.242 e. The lowest BCUT2D eigenvalue weighted by atomic mass is 10.0. The van der Waals surface area contributed by atoms with Crippen LogP contribution in [0.15, 0.2) is 47.8 Å². The van der Waals surface area contributed by atoms with Crippen LogP contribution in [0.1, 0.15) is 48.6 Å². The molecule has 152 valence electrons. The first-order valence-electron chi connectivity index (χ1n) is 10.8. The molecule has 5 rings (SSSR count). The van der Waals surface area contributed by atoms with Gasteiger partial charge in [-0.25, -0.2) is 15.0 Å². The standard InChI is InChI=1S/C25H25N3S2/c1-2-3-14-20-18-12-7-13-19(18)21-22-23(30-24(21)28-20)25(27-16-26-22)29-15-8-11-17-9-5-4-6-10-17/h4-6,8-11,16H,2-3,7,12-15H2,1H3/b11-8+. The zero-order valence-corrected chi connectivity index (χ0v) is 18.9. The average Bonchev–Trinajstić information content (AvgIpc) is 3.40. The molecule has 1 aliphatic carbocycles. The molecule has 3 aromatic heterocycles. The van der Waals surface area contributed by atoms with Crippen LogP contribution in [0.3, 0.4) is 0 Å². The second kappa shape index (κ2) is 8.86. The maximum Gasteiger partial charge on any atom is 0.126 e. The molecule has 0 amide bonds. The van der Waals surface area contributed by atoms with E-state index in [1.165, 1.54) is 58.2 Å². The van der Waals surface area contributed by atoms with E-state index in [1.54, 1.807) is 29.4 Å². The molecule has 0 atom stereocenters. The molecule has 3 nitrogen and oxygen atoms in total. The molecule has 3 heterocycles. The Labute approximate surface area is 185 Å².